The molecule has 0 saturated heterocycles. The van der Waals surface area contributed by atoms with Gasteiger partial charge in [-0.2, -0.15) is 0 Å². The van der Waals surface area contributed by atoms with Gasteiger partial charge in [0.2, 0.25) is 0 Å². The van der Waals surface area contributed by atoms with Gasteiger partial charge >= 0.3 is 0 Å². The molecule has 26 heavy (non-hydrogen) atoms. The molecule has 0 atom stereocenters. The molecule has 2 aromatic carbocycles. The summed E-state index contributed by atoms with van der Waals surface area (Å²) in [5, 5.41) is 3.51. The Labute approximate surface area is 158 Å². The van der Waals surface area contributed by atoms with E-state index in [1.807, 2.05) is 11.3 Å². The summed E-state index contributed by atoms with van der Waals surface area (Å²) < 4.78 is 0. The number of aryl methyl sites for hydroxylation is 2. The van der Waals surface area contributed by atoms with Crippen molar-refractivity contribution in [1.82, 2.24) is 4.98 Å². The van der Waals surface area contributed by atoms with E-state index in [1.54, 1.807) is 0 Å². The Morgan fingerprint density at radius 2 is 1.81 bits per heavy atom. The number of rotatable bonds is 6. The quantitative estimate of drug-likeness (QED) is 0.398. The summed E-state index contributed by atoms with van der Waals surface area (Å²) in [6.07, 6.45) is 3.24. The van der Waals surface area contributed by atoms with Gasteiger partial charge < -0.3 is 10.7 Å². The number of hydrogen-bond donors (Lipinski definition) is 2. The summed E-state index contributed by atoms with van der Waals surface area (Å²) in [6.45, 7) is 2.95. The summed E-state index contributed by atoms with van der Waals surface area (Å²) in [6, 6.07) is 19.6. The number of benzene rings is 2. The zero-order valence-electron chi connectivity index (χ0n) is 15.1. The van der Waals surface area contributed by atoms with Crippen LogP contribution in [0.1, 0.15) is 24.0 Å². The number of thiophene rings is 1. The molecule has 0 amide bonds. The highest BCUT2D eigenvalue weighted by atomic mass is 32.1. The van der Waals surface area contributed by atoms with Crippen LogP contribution in [0.15, 0.2) is 60.0 Å². The number of fused-ring (bicyclic) bond motifs is 1. The molecular formula is C23H24N2S. The Morgan fingerprint density at radius 3 is 2.54 bits per heavy atom. The van der Waals surface area contributed by atoms with Gasteiger partial charge in [0.25, 0.3) is 0 Å². The second kappa shape index (κ2) is 7.48. The highest BCUT2D eigenvalue weighted by molar-refractivity contribution is 7.13. The molecule has 0 saturated carbocycles. The first-order valence-electron chi connectivity index (χ1n) is 9.22. The summed E-state index contributed by atoms with van der Waals surface area (Å²) in [5.74, 6) is 0. The van der Waals surface area contributed by atoms with Gasteiger partial charge in [0.05, 0.1) is 10.6 Å². The molecule has 132 valence electrons. The molecule has 4 rings (SSSR count). The number of unbranched alkanes of at least 4 members (excludes halogenated alkanes) is 1. The van der Waals surface area contributed by atoms with E-state index < -0.39 is 0 Å². The van der Waals surface area contributed by atoms with E-state index in [-0.39, 0.29) is 0 Å². The molecule has 3 N–H and O–H groups in total. The van der Waals surface area contributed by atoms with Crippen LogP contribution in [0.25, 0.3) is 32.6 Å². The number of aromatic nitrogens is 1. The van der Waals surface area contributed by atoms with E-state index in [2.05, 4.69) is 71.9 Å². The first-order valence-corrected chi connectivity index (χ1v) is 10.1. The molecule has 0 aliphatic heterocycles. The predicted molar refractivity (Wildman–Crippen MR) is 114 cm³/mol. The minimum Gasteiger partial charge on any atom is -0.354 e. The van der Waals surface area contributed by atoms with E-state index in [4.69, 9.17) is 5.73 Å². The average Bonchev–Trinajstić information content (AvgIpc) is 3.25. The summed E-state index contributed by atoms with van der Waals surface area (Å²) in [7, 11) is 0. The summed E-state index contributed by atoms with van der Waals surface area (Å²) >= 11 is 1.82. The van der Waals surface area contributed by atoms with Crippen molar-refractivity contribution in [2.75, 3.05) is 6.54 Å². The highest BCUT2D eigenvalue weighted by Crippen LogP contribution is 2.37. The number of hydrogen-bond acceptors (Lipinski definition) is 2. The van der Waals surface area contributed by atoms with Gasteiger partial charge in [0.1, 0.15) is 0 Å². The molecule has 2 aromatic heterocycles. The fraction of sp³-hybridized carbons (Fsp3) is 0.217. The van der Waals surface area contributed by atoms with Crippen molar-refractivity contribution in [1.29, 1.82) is 0 Å². The summed E-state index contributed by atoms with van der Waals surface area (Å²) in [4.78, 5) is 5.04. The minimum absolute atomic E-state index is 0.755. The largest absolute Gasteiger partial charge is 0.354 e. The van der Waals surface area contributed by atoms with E-state index in [9.17, 15) is 0 Å². The molecule has 2 nitrogen and oxygen atoms in total. The van der Waals surface area contributed by atoms with Crippen LogP contribution >= 0.6 is 11.3 Å². The smallest absolute Gasteiger partial charge is 0.0601 e. The van der Waals surface area contributed by atoms with Crippen molar-refractivity contribution < 1.29 is 0 Å². The van der Waals surface area contributed by atoms with Crippen LogP contribution in [0.5, 0.6) is 0 Å². The fourth-order valence-electron chi connectivity index (χ4n) is 3.59. The molecular weight excluding hydrogens is 336 g/mol. The van der Waals surface area contributed by atoms with Crippen LogP contribution in [-0.2, 0) is 6.42 Å². The van der Waals surface area contributed by atoms with Crippen molar-refractivity contribution in [3.05, 3.63) is 71.1 Å². The van der Waals surface area contributed by atoms with Crippen molar-refractivity contribution in [2.45, 2.75) is 26.2 Å². The van der Waals surface area contributed by atoms with Gasteiger partial charge in [-0.3, -0.25) is 0 Å². The van der Waals surface area contributed by atoms with Crippen molar-refractivity contribution in [2.24, 2.45) is 5.73 Å². The van der Waals surface area contributed by atoms with Crippen LogP contribution < -0.4 is 5.73 Å². The number of nitrogens with one attached hydrogen (secondary N) is 1. The molecule has 0 spiro atoms. The number of H-pyrrole nitrogens is 1. The average molecular weight is 361 g/mol. The highest BCUT2D eigenvalue weighted by Gasteiger charge is 2.16. The Bertz CT molecular complexity index is 1010. The molecule has 4 aromatic rings. The second-order valence-electron chi connectivity index (χ2n) is 6.78. The van der Waals surface area contributed by atoms with Crippen molar-refractivity contribution >= 4 is 22.2 Å². The zero-order chi connectivity index (χ0) is 17.9. The SMILES string of the molecule is Cc1ccsc1-c1[nH]c2ccc(-c3ccccc3)cc2c1CCCCN. The van der Waals surface area contributed by atoms with Crippen LogP contribution in [-0.4, -0.2) is 11.5 Å². The first kappa shape index (κ1) is 17.1. The monoisotopic (exact) mass is 360 g/mol. The van der Waals surface area contributed by atoms with Crippen molar-refractivity contribution in [3.8, 4) is 21.7 Å². The maximum absolute atomic E-state index is 5.73. The van der Waals surface area contributed by atoms with Gasteiger partial charge in [-0.25, -0.2) is 0 Å². The lowest BCUT2D eigenvalue weighted by atomic mass is 9.99. The van der Waals surface area contributed by atoms with Gasteiger partial charge in [0, 0.05) is 10.9 Å². The lowest BCUT2D eigenvalue weighted by Gasteiger charge is -2.06. The molecule has 3 heteroatoms. The zero-order valence-corrected chi connectivity index (χ0v) is 15.9. The molecule has 0 radical (unpaired) electrons. The van der Waals surface area contributed by atoms with Gasteiger partial charge in [0.15, 0.2) is 0 Å². The standard InChI is InChI=1S/C23H24N2S/c1-16-12-14-26-23(16)22-19(9-5-6-13-24)20-15-18(10-11-21(20)25-22)17-7-3-2-4-8-17/h2-4,7-8,10-12,14-15,25H,5-6,9,13,24H2,1H3. The molecule has 0 aliphatic rings. The first-order chi connectivity index (χ1) is 12.8. The van der Waals surface area contributed by atoms with Crippen LogP contribution in [0.2, 0.25) is 0 Å². The normalized spacial score (nSPS) is 11.3. The molecule has 0 fully saturated rings. The second-order valence-corrected chi connectivity index (χ2v) is 7.70. The van der Waals surface area contributed by atoms with Gasteiger partial charge in [-0.05, 0) is 78.6 Å². The van der Waals surface area contributed by atoms with Crippen molar-refractivity contribution in [3.63, 3.8) is 0 Å². The third kappa shape index (κ3) is 3.20. The van der Waals surface area contributed by atoms with E-state index in [1.165, 1.54) is 43.7 Å². The van der Waals surface area contributed by atoms with Gasteiger partial charge in [-0.1, -0.05) is 36.4 Å². The van der Waals surface area contributed by atoms with E-state index >= 15 is 0 Å². The number of aromatic amines is 1. The Balaban J connectivity index is 1.86. The minimum atomic E-state index is 0.755. The maximum atomic E-state index is 5.73. The molecule has 0 aliphatic carbocycles. The Hall–Kier alpha value is -2.36. The molecule has 2 heterocycles. The topological polar surface area (TPSA) is 41.8 Å². The fourth-order valence-corrected chi connectivity index (χ4v) is 4.54. The summed E-state index contributed by atoms with van der Waals surface area (Å²) in [5.41, 5.74) is 13.5. The van der Waals surface area contributed by atoms with Crippen LogP contribution in [0.4, 0.5) is 0 Å². The third-order valence-corrected chi connectivity index (χ3v) is 6.02. The Kier molecular flexibility index (Phi) is 4.91. The third-order valence-electron chi connectivity index (χ3n) is 4.98. The lowest BCUT2D eigenvalue weighted by Crippen LogP contribution is -1.99. The van der Waals surface area contributed by atoms with Crippen LogP contribution in [0.3, 0.4) is 0 Å². The predicted octanol–water partition coefficient (Wildman–Crippen LogP) is 6.15. The van der Waals surface area contributed by atoms with E-state index in [0.29, 0.717) is 0 Å². The number of nitrogens with two attached hydrogens (primary N) is 1. The van der Waals surface area contributed by atoms with Crippen LogP contribution in [0, 0.1) is 6.92 Å². The Morgan fingerprint density at radius 1 is 0.962 bits per heavy atom. The lowest BCUT2D eigenvalue weighted by molar-refractivity contribution is 0.748. The molecule has 0 bridgehead atoms. The van der Waals surface area contributed by atoms with E-state index in [0.717, 1.165) is 25.8 Å². The maximum Gasteiger partial charge on any atom is 0.0601 e. The molecule has 0 unspecified atom stereocenters. The van der Waals surface area contributed by atoms with Gasteiger partial charge in [-0.15, -0.1) is 11.3 Å².